The van der Waals surface area contributed by atoms with Crippen LogP contribution in [0.25, 0.3) is 16.3 Å². The van der Waals surface area contributed by atoms with Gasteiger partial charge in [-0.15, -0.1) is 0 Å². The summed E-state index contributed by atoms with van der Waals surface area (Å²) >= 11 is 7.88. The predicted octanol–water partition coefficient (Wildman–Crippen LogP) is 0.595. The summed E-state index contributed by atoms with van der Waals surface area (Å²) in [7, 11) is 0. The summed E-state index contributed by atoms with van der Waals surface area (Å²) in [4.78, 5) is 25.2. The third kappa shape index (κ3) is 8.96. The van der Waals surface area contributed by atoms with Crippen molar-refractivity contribution < 1.29 is 70.6 Å². The number of halogens is 1. The van der Waals surface area contributed by atoms with Gasteiger partial charge in [0.1, 0.15) is 4.70 Å². The van der Waals surface area contributed by atoms with E-state index < -0.39 is 5.97 Å². The first-order chi connectivity index (χ1) is 16.4. The van der Waals surface area contributed by atoms with Crippen molar-refractivity contribution in [2.45, 2.75) is 39.2 Å². The molecule has 180 valence electrons. The maximum Gasteiger partial charge on any atom is 1.00 e. The summed E-state index contributed by atoms with van der Waals surface area (Å²) in [6.07, 6.45) is 3.99. The van der Waals surface area contributed by atoms with Crippen LogP contribution in [-0.4, -0.2) is 31.5 Å². The molecule has 6 nitrogen and oxygen atoms in total. The number of benzene rings is 2. The van der Waals surface area contributed by atoms with E-state index in [4.69, 9.17) is 11.6 Å². The van der Waals surface area contributed by atoms with Crippen LogP contribution < -0.4 is 71.3 Å². The number of aliphatic carboxylic acids is 1. The second-order valence-corrected chi connectivity index (χ2v) is 9.51. The number of aromatic nitrogens is 1. The molecule has 1 heterocycles. The third-order valence-electron chi connectivity index (χ3n) is 5.64. The van der Waals surface area contributed by atoms with Crippen LogP contribution in [0.4, 0.5) is 5.69 Å². The van der Waals surface area contributed by atoms with Gasteiger partial charge in [-0.1, -0.05) is 41.6 Å². The first-order valence-corrected chi connectivity index (χ1v) is 12.7. The number of anilines is 1. The van der Waals surface area contributed by atoms with E-state index in [-0.39, 0.29) is 63.7 Å². The smallest absolute Gasteiger partial charge is 0.550 e. The Labute approximate surface area is 258 Å². The zero-order valence-electron chi connectivity index (χ0n) is 20.4. The van der Waals surface area contributed by atoms with E-state index in [9.17, 15) is 14.7 Å². The molecule has 9 heteroatoms. The number of unbranched alkanes of at least 4 members (excludes halogenated alkanes) is 1. The van der Waals surface area contributed by atoms with Gasteiger partial charge in [-0.25, -0.2) is 0 Å². The van der Waals surface area contributed by atoms with Crippen molar-refractivity contribution in [3.05, 3.63) is 64.6 Å². The van der Waals surface area contributed by atoms with Crippen LogP contribution in [0.2, 0.25) is 5.02 Å². The molecule has 0 fully saturated rings. The quantitative estimate of drug-likeness (QED) is 0.196. The Hall–Kier alpha value is -1.26. The van der Waals surface area contributed by atoms with Gasteiger partial charge < -0.3 is 20.1 Å². The normalized spacial score (nSPS) is 10.6. The van der Waals surface area contributed by atoms with Gasteiger partial charge in [0, 0.05) is 67.7 Å². The fourth-order valence-corrected chi connectivity index (χ4v) is 5.05. The molecule has 3 rings (SSSR count). The number of amides is 1. The number of carboxylic acids is 1. The molecule has 1 amide bonds. The number of aryl methyl sites for hydroxylation is 1. The minimum absolute atomic E-state index is 0. The molecular weight excluding hydrogens is 509 g/mol. The van der Waals surface area contributed by atoms with Crippen LogP contribution in [-0.2, 0) is 22.6 Å². The van der Waals surface area contributed by atoms with Gasteiger partial charge in [0.25, 0.3) is 5.01 Å². The van der Waals surface area contributed by atoms with Gasteiger partial charge >= 0.3 is 51.4 Å². The summed E-state index contributed by atoms with van der Waals surface area (Å²) in [5, 5.41) is 15.6. The fraction of sp³-hybridized carbons (Fsp3) is 0.346. The molecule has 0 unspecified atom stereocenters. The average Bonchev–Trinajstić information content (AvgIpc) is 3.16. The van der Waals surface area contributed by atoms with Crippen molar-refractivity contribution in [2.24, 2.45) is 0 Å². The SMILES string of the molecule is C=Cc1sc2ccc(Cl)cc2[n+]1CCCCNC(=O)CCN(CC)c1ccc(CC(=O)[O-])cc1.[K+]. The minimum atomic E-state index is -1.09. The number of hydrogen-bond donors (Lipinski definition) is 1. The maximum atomic E-state index is 12.3. The van der Waals surface area contributed by atoms with Crippen molar-refractivity contribution in [3.63, 3.8) is 0 Å². The number of fused-ring (bicyclic) bond motifs is 1. The third-order valence-corrected chi connectivity index (χ3v) is 7.03. The van der Waals surface area contributed by atoms with E-state index in [1.165, 1.54) is 4.70 Å². The van der Waals surface area contributed by atoms with Crippen molar-refractivity contribution >= 4 is 56.8 Å². The van der Waals surface area contributed by atoms with E-state index in [2.05, 4.69) is 21.4 Å². The first-order valence-electron chi connectivity index (χ1n) is 11.5. The number of nitrogens with zero attached hydrogens (tertiary/aromatic N) is 2. The molecule has 0 radical (unpaired) electrons. The van der Waals surface area contributed by atoms with E-state index in [1.54, 1.807) is 23.5 Å². The van der Waals surface area contributed by atoms with Crippen molar-refractivity contribution in [2.75, 3.05) is 24.5 Å². The average molecular weight is 539 g/mol. The van der Waals surface area contributed by atoms with E-state index in [0.717, 1.165) is 47.2 Å². The zero-order valence-corrected chi connectivity index (χ0v) is 25.1. The molecule has 35 heavy (non-hydrogen) atoms. The second-order valence-electron chi connectivity index (χ2n) is 8.01. The summed E-state index contributed by atoms with van der Waals surface area (Å²) in [6.45, 7) is 8.79. The van der Waals surface area contributed by atoms with Gasteiger partial charge in [0.2, 0.25) is 11.4 Å². The monoisotopic (exact) mass is 538 g/mol. The molecule has 1 N–H and O–H groups in total. The number of hydrogen-bond acceptors (Lipinski definition) is 5. The van der Waals surface area contributed by atoms with E-state index in [0.29, 0.717) is 25.1 Å². The molecule has 0 aliphatic heterocycles. The molecule has 0 spiro atoms. The Kier molecular flexibility index (Phi) is 12.9. The number of carbonyl (C=O) groups is 2. The Bertz CT molecular complexity index is 1150. The van der Waals surface area contributed by atoms with Crippen LogP contribution in [0.3, 0.4) is 0 Å². The Balaban J connectivity index is 0.00000432. The molecule has 1 aromatic heterocycles. The van der Waals surface area contributed by atoms with Gasteiger partial charge in [0.05, 0.1) is 0 Å². The number of carboxylic acid groups (broad SMARTS) is 1. The molecule has 0 saturated heterocycles. The fourth-order valence-electron chi connectivity index (χ4n) is 3.87. The molecular formula is C26H30ClKN3O3S+. The molecule has 0 aliphatic rings. The van der Waals surface area contributed by atoms with Gasteiger partial charge in [0.15, 0.2) is 6.54 Å². The summed E-state index contributed by atoms with van der Waals surface area (Å²) in [5.41, 5.74) is 2.79. The Morgan fingerprint density at radius 3 is 2.60 bits per heavy atom. The van der Waals surface area contributed by atoms with Crippen molar-refractivity contribution in [3.8, 4) is 0 Å². The Morgan fingerprint density at radius 2 is 1.94 bits per heavy atom. The summed E-state index contributed by atoms with van der Waals surface area (Å²) in [5.74, 6) is -1.07. The molecule has 0 saturated carbocycles. The minimum Gasteiger partial charge on any atom is -0.550 e. The van der Waals surface area contributed by atoms with Gasteiger partial charge in [-0.2, -0.15) is 4.57 Å². The van der Waals surface area contributed by atoms with Crippen molar-refractivity contribution in [1.82, 2.24) is 5.32 Å². The zero-order chi connectivity index (χ0) is 24.5. The Morgan fingerprint density at radius 1 is 1.20 bits per heavy atom. The molecule has 2 aromatic carbocycles. The van der Waals surface area contributed by atoms with Gasteiger partial charge in [-0.3, -0.25) is 4.79 Å². The molecule has 3 aromatic rings. The predicted molar refractivity (Wildman–Crippen MR) is 137 cm³/mol. The molecule has 0 bridgehead atoms. The van der Waals surface area contributed by atoms with E-state index >= 15 is 0 Å². The maximum absolute atomic E-state index is 12.3. The van der Waals surface area contributed by atoms with Crippen molar-refractivity contribution in [1.29, 1.82) is 0 Å². The largest absolute Gasteiger partial charge is 1.00 e. The van der Waals surface area contributed by atoms with E-state index in [1.807, 2.05) is 43.3 Å². The van der Waals surface area contributed by atoms with Gasteiger partial charge in [-0.05, 0) is 43.2 Å². The van der Waals surface area contributed by atoms with Crippen LogP contribution in [0.15, 0.2) is 49.0 Å². The van der Waals surface area contributed by atoms with Crippen LogP contribution in [0.5, 0.6) is 0 Å². The van der Waals surface area contributed by atoms with Crippen LogP contribution >= 0.6 is 22.9 Å². The second kappa shape index (κ2) is 15.1. The van der Waals surface area contributed by atoms with Crippen LogP contribution in [0.1, 0.15) is 36.8 Å². The summed E-state index contributed by atoms with van der Waals surface area (Å²) in [6, 6.07) is 13.3. The number of nitrogens with one attached hydrogen (secondary N) is 1. The number of carbonyl (C=O) groups excluding carboxylic acids is 2. The topological polar surface area (TPSA) is 76.4 Å². The standard InChI is InChI=1S/C26H30ClN3O3S.K/c1-3-25-30(22-18-20(27)9-12-23(22)34-25)15-6-5-14-28-24(31)13-16-29(4-2)21-10-7-19(8-11-21)17-26(32)33;/h3,7-12,18H,1,4-6,13-17H2,2H3,(H-,28,31,32,33);/q;+1. The summed E-state index contributed by atoms with van der Waals surface area (Å²) < 4.78 is 3.42. The number of rotatable bonds is 13. The first kappa shape index (κ1) is 30.0. The number of thiazole rings is 1. The van der Waals surface area contributed by atoms with Crippen LogP contribution in [0, 0.1) is 0 Å². The molecule has 0 aliphatic carbocycles. The molecule has 0 atom stereocenters.